The van der Waals surface area contributed by atoms with Crippen LogP contribution < -0.4 is 19.9 Å². The lowest BCUT2D eigenvalue weighted by molar-refractivity contribution is 0.395. The molecule has 0 atom stereocenters. The predicted molar refractivity (Wildman–Crippen MR) is 106 cm³/mol. The second kappa shape index (κ2) is 7.07. The van der Waals surface area contributed by atoms with Gasteiger partial charge in [0.2, 0.25) is 0 Å². The van der Waals surface area contributed by atoms with Crippen LogP contribution in [0.3, 0.4) is 0 Å². The van der Waals surface area contributed by atoms with Crippen molar-refractivity contribution in [2.75, 3.05) is 27.1 Å². The Kier molecular flexibility index (Phi) is 4.44. The molecule has 0 aliphatic carbocycles. The van der Waals surface area contributed by atoms with Crippen molar-refractivity contribution >= 4 is 11.3 Å². The number of nitrogen functional groups attached to an aromatic ring is 1. The van der Waals surface area contributed by atoms with Gasteiger partial charge in [0.15, 0.2) is 11.5 Å². The molecule has 2 N–H and O–H groups in total. The van der Waals surface area contributed by atoms with E-state index in [-0.39, 0.29) is 0 Å². The monoisotopic (exact) mass is 377 g/mol. The number of benzene rings is 2. The molecule has 142 valence electrons. The molecular formula is C20H19N5O3. The molecule has 8 heteroatoms. The second-order valence-electron chi connectivity index (χ2n) is 6.04. The average Bonchev–Trinajstić information content (AvgIpc) is 3.16. The lowest BCUT2D eigenvalue weighted by Gasteiger charge is -2.10. The van der Waals surface area contributed by atoms with Crippen LogP contribution in [-0.4, -0.2) is 41.1 Å². The number of anilines is 1. The van der Waals surface area contributed by atoms with Crippen molar-refractivity contribution in [1.29, 1.82) is 0 Å². The van der Waals surface area contributed by atoms with Gasteiger partial charge in [-0.25, -0.2) is 0 Å². The van der Waals surface area contributed by atoms with Crippen LogP contribution in [0, 0.1) is 0 Å². The van der Waals surface area contributed by atoms with E-state index in [1.807, 2.05) is 42.5 Å². The van der Waals surface area contributed by atoms with Gasteiger partial charge >= 0.3 is 0 Å². The number of hydrogen-bond donors (Lipinski definition) is 1. The molecule has 0 saturated carbocycles. The van der Waals surface area contributed by atoms with Crippen molar-refractivity contribution < 1.29 is 14.2 Å². The predicted octanol–water partition coefficient (Wildman–Crippen LogP) is 3.07. The normalized spacial score (nSPS) is 10.8. The summed E-state index contributed by atoms with van der Waals surface area (Å²) in [5.41, 5.74) is 9.56. The van der Waals surface area contributed by atoms with Crippen LogP contribution in [0.2, 0.25) is 0 Å². The molecule has 28 heavy (non-hydrogen) atoms. The maximum absolute atomic E-state index is 6.04. The van der Waals surface area contributed by atoms with Crippen molar-refractivity contribution in [3.63, 3.8) is 0 Å². The highest BCUT2D eigenvalue weighted by molar-refractivity contribution is 5.71. The summed E-state index contributed by atoms with van der Waals surface area (Å²) in [6.07, 6.45) is 0. The van der Waals surface area contributed by atoms with Gasteiger partial charge in [-0.2, -0.15) is 9.61 Å². The van der Waals surface area contributed by atoms with E-state index >= 15 is 0 Å². The van der Waals surface area contributed by atoms with E-state index < -0.39 is 0 Å². The molecule has 4 rings (SSSR count). The molecule has 0 fully saturated rings. The fourth-order valence-electron chi connectivity index (χ4n) is 2.99. The number of aromatic nitrogens is 4. The first kappa shape index (κ1) is 17.6. The van der Waals surface area contributed by atoms with Crippen molar-refractivity contribution in [3.8, 4) is 39.9 Å². The molecule has 0 aliphatic heterocycles. The van der Waals surface area contributed by atoms with Gasteiger partial charge in [-0.05, 0) is 42.5 Å². The fourth-order valence-corrected chi connectivity index (χ4v) is 2.99. The highest BCUT2D eigenvalue weighted by atomic mass is 16.5. The molecular weight excluding hydrogens is 358 g/mol. The van der Waals surface area contributed by atoms with Crippen LogP contribution in [0.1, 0.15) is 0 Å². The lowest BCUT2D eigenvalue weighted by Crippen LogP contribution is -1.99. The maximum Gasteiger partial charge on any atom is 0.189 e. The Labute approximate surface area is 161 Å². The Morgan fingerprint density at radius 1 is 0.821 bits per heavy atom. The van der Waals surface area contributed by atoms with Gasteiger partial charge in [0, 0.05) is 11.6 Å². The summed E-state index contributed by atoms with van der Waals surface area (Å²) in [5, 5.41) is 13.2. The third-order valence-corrected chi connectivity index (χ3v) is 4.44. The molecule has 0 spiro atoms. The Bertz CT molecular complexity index is 1160. The third kappa shape index (κ3) is 2.94. The van der Waals surface area contributed by atoms with Crippen molar-refractivity contribution in [2.24, 2.45) is 0 Å². The molecule has 0 amide bonds. The number of ether oxygens (including phenoxy) is 3. The highest BCUT2D eigenvalue weighted by Gasteiger charge is 2.16. The summed E-state index contributed by atoms with van der Waals surface area (Å²) in [6.45, 7) is 0. The summed E-state index contributed by atoms with van der Waals surface area (Å²) in [4.78, 5) is 0. The molecule has 0 radical (unpaired) electrons. The molecule has 0 unspecified atom stereocenters. The number of nitrogens with zero attached hydrogens (tertiary/aromatic N) is 4. The van der Waals surface area contributed by atoms with E-state index in [0.717, 1.165) is 16.8 Å². The van der Waals surface area contributed by atoms with Gasteiger partial charge in [-0.1, -0.05) is 0 Å². The first-order chi connectivity index (χ1) is 13.6. The van der Waals surface area contributed by atoms with Gasteiger partial charge in [-0.15, -0.1) is 10.2 Å². The number of methoxy groups -OCH3 is 3. The van der Waals surface area contributed by atoms with E-state index in [4.69, 9.17) is 25.0 Å². The summed E-state index contributed by atoms with van der Waals surface area (Å²) in [6, 6.07) is 14.8. The molecule has 0 saturated heterocycles. The van der Waals surface area contributed by atoms with Crippen LogP contribution in [0.4, 0.5) is 5.69 Å². The molecule has 2 aromatic heterocycles. The number of fused-ring (bicyclic) bond motifs is 1. The Hall–Kier alpha value is -3.81. The first-order valence-corrected chi connectivity index (χ1v) is 8.53. The number of rotatable bonds is 5. The van der Waals surface area contributed by atoms with Crippen LogP contribution in [0.15, 0.2) is 48.5 Å². The van der Waals surface area contributed by atoms with Crippen LogP contribution in [0.5, 0.6) is 17.2 Å². The van der Waals surface area contributed by atoms with E-state index in [1.54, 1.807) is 31.9 Å². The highest BCUT2D eigenvalue weighted by Crippen LogP contribution is 2.33. The Morgan fingerprint density at radius 2 is 1.64 bits per heavy atom. The fraction of sp³-hybridized carbons (Fsp3) is 0.150. The quantitative estimate of drug-likeness (QED) is 0.534. The molecule has 0 bridgehead atoms. The summed E-state index contributed by atoms with van der Waals surface area (Å²) < 4.78 is 17.7. The molecule has 2 aromatic carbocycles. The summed E-state index contributed by atoms with van der Waals surface area (Å²) >= 11 is 0. The smallest absolute Gasteiger partial charge is 0.189 e. The van der Waals surface area contributed by atoms with Gasteiger partial charge in [0.25, 0.3) is 0 Å². The molecule has 4 aromatic rings. The zero-order valence-electron chi connectivity index (χ0n) is 15.7. The zero-order valence-corrected chi connectivity index (χ0v) is 15.7. The maximum atomic E-state index is 6.04. The molecule has 2 heterocycles. The van der Waals surface area contributed by atoms with Crippen LogP contribution >= 0.6 is 0 Å². The average molecular weight is 377 g/mol. The SMILES string of the molecule is COc1ccc(-c2nnc3ccc(-c4ccc(OC)c(N)c4)nn23)c(OC)c1. The summed E-state index contributed by atoms with van der Waals surface area (Å²) in [5.74, 6) is 2.50. The van der Waals surface area contributed by atoms with Crippen molar-refractivity contribution in [3.05, 3.63) is 48.5 Å². The van der Waals surface area contributed by atoms with Gasteiger partial charge in [-0.3, -0.25) is 0 Å². The lowest BCUT2D eigenvalue weighted by atomic mass is 10.1. The van der Waals surface area contributed by atoms with Crippen molar-refractivity contribution in [1.82, 2.24) is 19.8 Å². The third-order valence-electron chi connectivity index (χ3n) is 4.44. The van der Waals surface area contributed by atoms with E-state index in [9.17, 15) is 0 Å². The first-order valence-electron chi connectivity index (χ1n) is 8.53. The van der Waals surface area contributed by atoms with Gasteiger partial charge in [0.1, 0.15) is 17.2 Å². The minimum absolute atomic E-state index is 0.544. The largest absolute Gasteiger partial charge is 0.497 e. The molecule has 8 nitrogen and oxygen atoms in total. The van der Waals surface area contributed by atoms with Gasteiger partial charge < -0.3 is 19.9 Å². The molecule has 0 aliphatic rings. The number of nitrogens with two attached hydrogens (primary N) is 1. The number of hydrogen-bond acceptors (Lipinski definition) is 7. The minimum atomic E-state index is 0.544. The topological polar surface area (TPSA) is 96.8 Å². The standard InChI is InChI=1S/C20H19N5O3/c1-26-13-5-6-14(18(11-13)28-3)20-23-22-19-9-7-16(24-25(19)20)12-4-8-17(27-2)15(21)10-12/h4-11H,21H2,1-3H3. The second-order valence-corrected chi connectivity index (χ2v) is 6.04. The minimum Gasteiger partial charge on any atom is -0.497 e. The zero-order chi connectivity index (χ0) is 19.7. The van der Waals surface area contributed by atoms with E-state index in [1.165, 1.54) is 0 Å². The van der Waals surface area contributed by atoms with Crippen molar-refractivity contribution in [2.45, 2.75) is 0 Å². The summed E-state index contributed by atoms with van der Waals surface area (Å²) in [7, 11) is 4.79. The Morgan fingerprint density at radius 3 is 2.36 bits per heavy atom. The van der Waals surface area contributed by atoms with E-state index in [0.29, 0.717) is 34.4 Å². The van der Waals surface area contributed by atoms with Crippen LogP contribution in [-0.2, 0) is 0 Å². The van der Waals surface area contributed by atoms with Crippen LogP contribution in [0.25, 0.3) is 28.3 Å². The Balaban J connectivity index is 1.84. The van der Waals surface area contributed by atoms with Gasteiger partial charge in [0.05, 0.1) is 38.3 Å². The van der Waals surface area contributed by atoms with E-state index in [2.05, 4.69) is 10.2 Å².